The maximum atomic E-state index is 6.50. The quantitative estimate of drug-likeness (QED) is 0.437. The van der Waals surface area contributed by atoms with Gasteiger partial charge in [-0.25, -0.2) is 5.90 Å². The van der Waals surface area contributed by atoms with Crippen molar-refractivity contribution in [2.45, 2.75) is 0 Å². The Kier molecular flexibility index (Phi) is 449. The number of rotatable bonds is 0. The summed E-state index contributed by atoms with van der Waals surface area (Å²) in [7, 11) is 0. The first-order chi connectivity index (χ1) is 1.00. The van der Waals surface area contributed by atoms with Crippen LogP contribution in [0.3, 0.4) is 0 Å². The van der Waals surface area contributed by atoms with Gasteiger partial charge in [0.05, 0.1) is 0 Å². The molecule has 0 saturated heterocycles. The molecule has 3 N–H and O–H groups in total. The van der Waals surface area contributed by atoms with Gasteiger partial charge in [0.25, 0.3) is 0 Å². The first kappa shape index (κ1) is 43.3. The van der Waals surface area contributed by atoms with Crippen molar-refractivity contribution in [3.8, 4) is 0 Å². The van der Waals surface area contributed by atoms with Crippen LogP contribution in [-0.4, -0.2) is 5.21 Å². The van der Waals surface area contributed by atoms with E-state index in [2.05, 4.69) is 5.90 Å². The Morgan fingerprint density at radius 2 is 0.833 bits per heavy atom. The zero-order chi connectivity index (χ0) is 2.00. The van der Waals surface area contributed by atoms with Crippen molar-refractivity contribution < 1.29 is 79.3 Å². The average Bonchev–Trinajstić information content (AvgIpc) is 1.00. The fourth-order valence-corrected chi connectivity index (χ4v) is 0. The van der Waals surface area contributed by atoms with Crippen molar-refractivity contribution in [1.82, 2.24) is 0 Å². The molecule has 48 valence electrons. The summed E-state index contributed by atoms with van der Waals surface area (Å²) in [5.41, 5.74) is 0. The molecule has 0 aromatic carbocycles. The molecule has 0 amide bonds. The fourth-order valence-electron chi connectivity index (χ4n) is 0. The third-order valence-corrected chi connectivity index (χ3v) is 0. The molecule has 0 saturated carbocycles. The van der Waals surface area contributed by atoms with Crippen LogP contribution in [0.2, 0.25) is 0 Å². The van der Waals surface area contributed by atoms with Crippen LogP contribution in [0, 0.1) is 36.9 Å². The molecule has 0 aliphatic heterocycles. The van der Waals surface area contributed by atoms with Crippen molar-refractivity contribution in [3.05, 3.63) is 0 Å². The monoisotopic (exact) mass is 307 g/mol. The molecule has 0 atom stereocenters. The summed E-state index contributed by atoms with van der Waals surface area (Å²) >= 11 is 0. The Balaban J connectivity index is -0.000000000833. The zero-order valence-corrected chi connectivity index (χ0v) is 6.48. The van der Waals surface area contributed by atoms with E-state index in [9.17, 15) is 0 Å². The van der Waals surface area contributed by atoms with Gasteiger partial charge in [0, 0.05) is 0 Å². The van der Waals surface area contributed by atoms with Crippen molar-refractivity contribution in [3.63, 3.8) is 0 Å². The van der Waals surface area contributed by atoms with Crippen LogP contribution in [0.1, 0.15) is 0 Å². The number of hydrogen-bond donors (Lipinski definition) is 2. The maximum absolute atomic E-state index is 6.50. The first-order valence-corrected chi connectivity index (χ1v) is 0.258. The molecule has 6 heavy (non-hydrogen) atoms. The van der Waals surface area contributed by atoms with E-state index in [1.54, 1.807) is 0 Å². The van der Waals surface area contributed by atoms with Gasteiger partial charge >= 0.3 is 36.9 Å². The second kappa shape index (κ2) is 62.2. The minimum absolute atomic E-state index is 0. The molecule has 0 fully saturated rings. The third kappa shape index (κ3) is 37.1. The predicted octanol–water partition coefficient (Wildman–Crippen LogP) is -9.65. The van der Waals surface area contributed by atoms with Gasteiger partial charge in [0.2, 0.25) is 0 Å². The summed E-state index contributed by atoms with van der Waals surface area (Å²) in [6, 6.07) is 0. The van der Waals surface area contributed by atoms with Crippen molar-refractivity contribution in [2.75, 3.05) is 0 Å². The Hall–Kier alpha value is 2.02. The van der Waals surface area contributed by atoms with E-state index in [0.717, 1.165) is 0 Å². The largest absolute Gasteiger partial charge is 3.00 e. The van der Waals surface area contributed by atoms with Gasteiger partial charge in [0.15, 0.2) is 0 Å². The third-order valence-electron chi connectivity index (χ3n) is 0. The molecule has 0 aliphatic carbocycles. The molecule has 0 bridgehead atoms. The van der Waals surface area contributed by atoms with E-state index in [4.69, 9.17) is 5.21 Å². The maximum Gasteiger partial charge on any atom is 3.00 e. The van der Waals surface area contributed by atoms with Crippen LogP contribution in [0.4, 0.5) is 0 Å². The van der Waals surface area contributed by atoms with Gasteiger partial charge < -0.3 is 42.4 Å². The molecule has 0 heterocycles. The van der Waals surface area contributed by atoms with Gasteiger partial charge in [-0.3, -0.25) is 0 Å². The van der Waals surface area contributed by atoms with Gasteiger partial charge in [0.1, 0.15) is 0 Å². The fraction of sp³-hybridized carbons (Fsp3) is 0. The minimum Gasteiger partial charge on any atom is -1.00 e. The molecule has 0 aromatic heterocycles. The molecule has 0 radical (unpaired) electrons. The van der Waals surface area contributed by atoms with Gasteiger partial charge in [-0.2, -0.15) is 0 Å². The summed E-state index contributed by atoms with van der Waals surface area (Å²) in [5, 5.41) is 6.50. The second-order valence-corrected chi connectivity index (χ2v) is 0. The predicted molar refractivity (Wildman–Crippen MR) is 5.97 cm³/mol. The average molecular weight is 308 g/mol. The number of halogens is 3. The van der Waals surface area contributed by atoms with Crippen molar-refractivity contribution in [1.29, 1.82) is 0 Å². The smallest absolute Gasteiger partial charge is 1.00 e. The molecule has 6 heteroatoms. The summed E-state index contributed by atoms with van der Waals surface area (Å²) < 4.78 is 0. The van der Waals surface area contributed by atoms with Crippen molar-refractivity contribution in [2.24, 2.45) is 5.90 Å². The van der Waals surface area contributed by atoms with Gasteiger partial charge in [-0.05, 0) is 0 Å². The molecule has 0 aromatic rings. The van der Waals surface area contributed by atoms with E-state index in [1.165, 1.54) is 0 Å². The molecule has 2 nitrogen and oxygen atoms in total. The molecular formula is H3Cl3NOTm. The van der Waals surface area contributed by atoms with E-state index in [1.807, 2.05) is 0 Å². The normalized spacial score (nSPS) is 1.00. The summed E-state index contributed by atoms with van der Waals surface area (Å²) in [5.74, 6) is 3.50. The van der Waals surface area contributed by atoms with Crippen LogP contribution in [0.25, 0.3) is 0 Å². The van der Waals surface area contributed by atoms with E-state index >= 15 is 0 Å². The minimum atomic E-state index is 0. The summed E-state index contributed by atoms with van der Waals surface area (Å²) in [6.45, 7) is 0. The second-order valence-electron chi connectivity index (χ2n) is 0. The van der Waals surface area contributed by atoms with Crippen LogP contribution >= 0.6 is 0 Å². The van der Waals surface area contributed by atoms with Crippen LogP contribution in [-0.2, 0) is 0 Å². The Morgan fingerprint density at radius 1 is 0.833 bits per heavy atom. The van der Waals surface area contributed by atoms with Crippen molar-refractivity contribution >= 4 is 0 Å². The van der Waals surface area contributed by atoms with Gasteiger partial charge in [-0.1, -0.05) is 0 Å². The Labute approximate surface area is 84.2 Å². The number of hydrogen-bond acceptors (Lipinski definition) is 2. The Morgan fingerprint density at radius 3 is 0.833 bits per heavy atom. The molecule has 0 aliphatic rings. The van der Waals surface area contributed by atoms with Crippen LogP contribution in [0.5, 0.6) is 0 Å². The van der Waals surface area contributed by atoms with Crippen LogP contribution < -0.4 is 43.1 Å². The zero-order valence-electron chi connectivity index (χ0n) is 2.44. The SMILES string of the molecule is NO.[Cl-].[Cl-].[Cl-].[Tm+3]. The van der Waals surface area contributed by atoms with Gasteiger partial charge in [-0.15, -0.1) is 0 Å². The summed E-state index contributed by atoms with van der Waals surface area (Å²) in [6.07, 6.45) is 0. The molecule has 0 spiro atoms. The molecule has 0 unspecified atom stereocenters. The Bertz CT molecular complexity index is 10.8. The van der Waals surface area contributed by atoms with E-state index in [0.29, 0.717) is 0 Å². The topological polar surface area (TPSA) is 46.2 Å². The standard InChI is InChI=1S/3ClH.H3NO.Tm/c;;;1-2;/h3*1H;2H,1H2;/q;;;;+3/p-3. The first-order valence-electron chi connectivity index (χ1n) is 0.258. The van der Waals surface area contributed by atoms with E-state index < -0.39 is 0 Å². The van der Waals surface area contributed by atoms with Crippen LogP contribution in [0.15, 0.2) is 0 Å². The molecule has 0 rings (SSSR count). The molecular weight excluding hydrogens is 305 g/mol. The number of nitrogens with two attached hydrogens (primary N) is 1. The van der Waals surface area contributed by atoms with E-state index in [-0.39, 0.29) is 74.1 Å². The summed E-state index contributed by atoms with van der Waals surface area (Å²) in [4.78, 5) is 0.